The molecule has 4 aliphatic heterocycles. The van der Waals surface area contributed by atoms with Crippen molar-refractivity contribution in [2.24, 2.45) is 34.0 Å². The molecule has 4 saturated heterocycles. The summed E-state index contributed by atoms with van der Waals surface area (Å²) in [5.74, 6) is -1.92. The van der Waals surface area contributed by atoms with Crippen LogP contribution in [0.4, 0.5) is 0 Å². The van der Waals surface area contributed by atoms with Crippen LogP contribution in [-0.2, 0) is 28.5 Å². The molecule has 28 heavy (non-hydrogen) atoms. The molecule has 2 saturated carbocycles. The number of hydrogen-bond donors (Lipinski definition) is 2. The van der Waals surface area contributed by atoms with Crippen LogP contribution in [0.5, 0.6) is 0 Å². The van der Waals surface area contributed by atoms with Crippen LogP contribution in [0.1, 0.15) is 34.1 Å². The third kappa shape index (κ3) is 1.35. The first-order valence-corrected chi connectivity index (χ1v) is 10.1. The van der Waals surface area contributed by atoms with Gasteiger partial charge in [-0.05, 0) is 11.3 Å². The lowest BCUT2D eigenvalue weighted by molar-refractivity contribution is -0.207. The van der Waals surface area contributed by atoms with E-state index in [0.717, 1.165) is 0 Å². The van der Waals surface area contributed by atoms with Crippen molar-refractivity contribution in [3.05, 3.63) is 0 Å². The number of aliphatic hydroxyl groups excluding tert-OH is 2. The van der Waals surface area contributed by atoms with E-state index in [4.69, 9.17) is 18.9 Å². The maximum atomic E-state index is 13.3. The van der Waals surface area contributed by atoms with E-state index in [9.17, 15) is 19.8 Å². The fourth-order valence-electron chi connectivity index (χ4n) is 8.40. The van der Waals surface area contributed by atoms with Crippen molar-refractivity contribution in [2.75, 3.05) is 6.61 Å². The number of esters is 2. The van der Waals surface area contributed by atoms with Crippen LogP contribution in [0.15, 0.2) is 0 Å². The Balaban J connectivity index is 1.69. The lowest BCUT2D eigenvalue weighted by atomic mass is 9.52. The third-order valence-corrected chi connectivity index (χ3v) is 8.67. The molecule has 2 aliphatic carbocycles. The van der Waals surface area contributed by atoms with E-state index in [0.29, 0.717) is 6.61 Å². The standard InChI is InChI=1S/C20H26O8/c1-7-6-25-11-9(7)20-15(24)27-14-10(22)12(17(2,3)4)18(19(14,20)13(11)23)5-8(21)26-16(18)28-20/h7,9-14,16,22-23H,5-6H2,1-4H3/t7-,9+,10-,11?,12+,13?,14?,16?,18?,19?,20-/m1/s1. The molecule has 154 valence electrons. The molecular formula is C20H26O8. The number of fused-ring (bicyclic) bond motifs is 1. The highest BCUT2D eigenvalue weighted by atomic mass is 16.7. The van der Waals surface area contributed by atoms with Crippen molar-refractivity contribution in [2.45, 2.75) is 70.4 Å². The lowest BCUT2D eigenvalue weighted by Crippen LogP contribution is -2.59. The molecule has 8 nitrogen and oxygen atoms in total. The maximum absolute atomic E-state index is 13.3. The Labute approximate surface area is 162 Å². The fourth-order valence-corrected chi connectivity index (χ4v) is 8.40. The zero-order chi connectivity index (χ0) is 20.0. The number of carbonyl (C=O) groups excluding carboxylic acids is 2. The fraction of sp³-hybridized carbons (Fsp3) is 0.900. The van der Waals surface area contributed by atoms with Gasteiger partial charge in [0, 0.05) is 11.8 Å². The Bertz CT molecular complexity index is 805. The van der Waals surface area contributed by atoms with Gasteiger partial charge in [0.1, 0.15) is 6.10 Å². The molecule has 4 heterocycles. The second-order valence-corrected chi connectivity index (χ2v) is 10.7. The summed E-state index contributed by atoms with van der Waals surface area (Å²) in [5, 5.41) is 23.1. The zero-order valence-electron chi connectivity index (χ0n) is 16.4. The molecule has 0 aromatic rings. The summed E-state index contributed by atoms with van der Waals surface area (Å²) in [4.78, 5) is 25.8. The van der Waals surface area contributed by atoms with Gasteiger partial charge in [-0.25, -0.2) is 4.79 Å². The van der Waals surface area contributed by atoms with Crippen LogP contribution in [0.2, 0.25) is 0 Å². The van der Waals surface area contributed by atoms with E-state index < -0.39 is 76.3 Å². The average molecular weight is 394 g/mol. The van der Waals surface area contributed by atoms with Gasteiger partial charge in [0.15, 0.2) is 5.60 Å². The molecular weight excluding hydrogens is 368 g/mol. The SMILES string of the molecule is C[C@@H]1COC2C(O)C34C5OC(=O)[C@]3(OC3OC(=O)CC34[C@H](C(C)(C)C)[C@H]5O)[C@H]21. The summed E-state index contributed by atoms with van der Waals surface area (Å²) in [6.45, 7) is 8.33. The van der Waals surface area contributed by atoms with Gasteiger partial charge in [0.2, 0.25) is 6.29 Å². The van der Waals surface area contributed by atoms with Crippen molar-refractivity contribution < 1.29 is 38.7 Å². The number of aliphatic hydroxyl groups is 2. The molecule has 6 fully saturated rings. The maximum Gasteiger partial charge on any atom is 0.340 e. The average Bonchev–Trinajstić information content (AvgIpc) is 3.30. The predicted molar refractivity (Wildman–Crippen MR) is 90.4 cm³/mol. The van der Waals surface area contributed by atoms with Gasteiger partial charge in [0.25, 0.3) is 0 Å². The van der Waals surface area contributed by atoms with Gasteiger partial charge < -0.3 is 29.2 Å². The Kier molecular flexibility index (Phi) is 2.88. The summed E-state index contributed by atoms with van der Waals surface area (Å²) >= 11 is 0. The van der Waals surface area contributed by atoms with Crippen molar-refractivity contribution in [1.29, 1.82) is 0 Å². The van der Waals surface area contributed by atoms with Crippen LogP contribution in [0.25, 0.3) is 0 Å². The van der Waals surface area contributed by atoms with Crippen LogP contribution >= 0.6 is 0 Å². The molecule has 8 heteroatoms. The number of hydrogen-bond acceptors (Lipinski definition) is 8. The minimum Gasteiger partial charge on any atom is -0.457 e. The number of ether oxygens (including phenoxy) is 4. The number of rotatable bonds is 0. The van der Waals surface area contributed by atoms with E-state index in [2.05, 4.69) is 0 Å². The Morgan fingerprint density at radius 3 is 2.54 bits per heavy atom. The quantitative estimate of drug-likeness (QED) is 0.552. The van der Waals surface area contributed by atoms with Crippen LogP contribution < -0.4 is 0 Å². The first-order valence-electron chi connectivity index (χ1n) is 10.1. The van der Waals surface area contributed by atoms with Gasteiger partial charge >= 0.3 is 11.9 Å². The van der Waals surface area contributed by atoms with Crippen molar-refractivity contribution in [3.63, 3.8) is 0 Å². The second kappa shape index (κ2) is 4.58. The molecule has 11 atom stereocenters. The first-order chi connectivity index (χ1) is 13.0. The molecule has 0 radical (unpaired) electrons. The van der Waals surface area contributed by atoms with Crippen LogP contribution in [0.3, 0.4) is 0 Å². The van der Waals surface area contributed by atoms with Gasteiger partial charge in [-0.3, -0.25) is 4.79 Å². The molecule has 2 N–H and O–H groups in total. The minimum atomic E-state index is -1.47. The summed E-state index contributed by atoms with van der Waals surface area (Å²) in [5.41, 5.74) is -4.23. The Morgan fingerprint density at radius 1 is 1.14 bits per heavy atom. The molecule has 2 spiro atoms. The van der Waals surface area contributed by atoms with Crippen molar-refractivity contribution >= 4 is 11.9 Å². The smallest absolute Gasteiger partial charge is 0.340 e. The zero-order valence-corrected chi connectivity index (χ0v) is 16.4. The predicted octanol–water partition coefficient (Wildman–Crippen LogP) is -0.0110. The molecule has 0 bridgehead atoms. The molecule has 0 amide bonds. The highest BCUT2D eigenvalue weighted by molar-refractivity contribution is 5.89. The Hall–Kier alpha value is -1.22. The van der Waals surface area contributed by atoms with E-state index in [1.807, 2.05) is 27.7 Å². The summed E-state index contributed by atoms with van der Waals surface area (Å²) in [6, 6.07) is 0. The molecule has 0 aromatic heterocycles. The van der Waals surface area contributed by atoms with Gasteiger partial charge in [-0.1, -0.05) is 27.7 Å². The monoisotopic (exact) mass is 394 g/mol. The van der Waals surface area contributed by atoms with E-state index in [1.165, 1.54) is 0 Å². The van der Waals surface area contributed by atoms with Gasteiger partial charge in [0.05, 0.1) is 42.2 Å². The largest absolute Gasteiger partial charge is 0.457 e. The van der Waals surface area contributed by atoms with Crippen molar-refractivity contribution in [3.8, 4) is 0 Å². The van der Waals surface area contributed by atoms with Gasteiger partial charge in [-0.15, -0.1) is 0 Å². The minimum absolute atomic E-state index is 0.0174. The second-order valence-electron chi connectivity index (χ2n) is 10.7. The van der Waals surface area contributed by atoms with Crippen LogP contribution in [-0.4, -0.2) is 65.1 Å². The first kappa shape index (κ1) is 17.6. The number of carbonyl (C=O) groups is 2. The highest BCUT2D eigenvalue weighted by Crippen LogP contribution is 2.83. The van der Waals surface area contributed by atoms with Crippen molar-refractivity contribution in [1.82, 2.24) is 0 Å². The van der Waals surface area contributed by atoms with E-state index >= 15 is 0 Å². The summed E-state index contributed by atoms with van der Waals surface area (Å²) in [6.07, 6.45) is -4.68. The molecule has 6 unspecified atom stereocenters. The molecule has 6 rings (SSSR count). The van der Waals surface area contributed by atoms with E-state index in [-0.39, 0.29) is 12.3 Å². The lowest BCUT2D eigenvalue weighted by Gasteiger charge is -2.46. The topological polar surface area (TPSA) is 112 Å². The third-order valence-electron chi connectivity index (χ3n) is 8.67. The highest BCUT2D eigenvalue weighted by Gasteiger charge is 2.99. The molecule has 6 aliphatic rings. The van der Waals surface area contributed by atoms with E-state index in [1.54, 1.807) is 0 Å². The van der Waals surface area contributed by atoms with Crippen LogP contribution in [0, 0.1) is 34.0 Å². The molecule has 0 aromatic carbocycles. The van der Waals surface area contributed by atoms with Gasteiger partial charge in [-0.2, -0.15) is 0 Å². The Morgan fingerprint density at radius 2 is 1.86 bits per heavy atom. The normalized spacial score (nSPS) is 61.1. The summed E-state index contributed by atoms with van der Waals surface area (Å²) < 4.78 is 23.7. The summed E-state index contributed by atoms with van der Waals surface area (Å²) in [7, 11) is 0.